The van der Waals surface area contributed by atoms with Crippen LogP contribution in [0.5, 0.6) is 0 Å². The molecule has 128 valence electrons. The van der Waals surface area contributed by atoms with Crippen LogP contribution in [0.1, 0.15) is 15.9 Å². The number of hydrogen-bond donors (Lipinski definition) is 3. The summed E-state index contributed by atoms with van der Waals surface area (Å²) in [5.41, 5.74) is 11.8. The van der Waals surface area contributed by atoms with E-state index in [0.29, 0.717) is 12.1 Å². The Bertz CT molecular complexity index is 736. The Morgan fingerprint density at radius 1 is 1.21 bits per heavy atom. The van der Waals surface area contributed by atoms with Gasteiger partial charge in [-0.05, 0) is 17.7 Å². The number of nitrogens with zero attached hydrogens (tertiary/aromatic N) is 3. The van der Waals surface area contributed by atoms with Crippen molar-refractivity contribution in [3.8, 4) is 0 Å². The number of nitrogens with one attached hydrogen (secondary N) is 1. The third-order valence-corrected chi connectivity index (χ3v) is 2.91. The molecule has 5 N–H and O–H groups in total. The monoisotopic (exact) mass is 340 g/mol. The number of carbonyl (C=O) groups excluding carboxylic acids is 1. The molecule has 2 rings (SSSR count). The lowest BCUT2D eigenvalue weighted by Crippen LogP contribution is -2.25. The predicted molar refractivity (Wildman–Crippen MR) is 82.5 cm³/mol. The molecule has 0 unspecified atom stereocenters. The van der Waals surface area contributed by atoms with Gasteiger partial charge in [0.2, 0.25) is 5.91 Å². The van der Waals surface area contributed by atoms with Crippen molar-refractivity contribution in [2.45, 2.75) is 12.7 Å². The molecule has 24 heavy (non-hydrogen) atoms. The molecule has 0 bridgehead atoms. The largest absolute Gasteiger partial charge is 0.408 e. The van der Waals surface area contributed by atoms with Gasteiger partial charge in [-0.1, -0.05) is 12.1 Å². The highest BCUT2D eigenvalue weighted by Gasteiger charge is 2.26. The van der Waals surface area contributed by atoms with Crippen LogP contribution in [-0.4, -0.2) is 34.4 Å². The molecule has 0 saturated carbocycles. The lowest BCUT2D eigenvalue weighted by atomic mass is 10.1. The molecule has 7 nitrogen and oxygen atoms in total. The summed E-state index contributed by atoms with van der Waals surface area (Å²) < 4.78 is 37.7. The molecular weight excluding hydrogens is 325 g/mol. The second-order valence-corrected chi connectivity index (χ2v) is 4.90. The first-order valence-corrected chi connectivity index (χ1v) is 6.79. The second kappa shape index (κ2) is 7.02. The van der Waals surface area contributed by atoms with Gasteiger partial charge in [0.05, 0.1) is 6.54 Å². The molecule has 1 amide bonds. The van der Waals surface area contributed by atoms with Crippen LogP contribution in [0.2, 0.25) is 0 Å². The third-order valence-electron chi connectivity index (χ3n) is 2.91. The van der Waals surface area contributed by atoms with Crippen LogP contribution in [0.25, 0.3) is 0 Å². The maximum Gasteiger partial charge on any atom is 0.408 e. The number of amides is 1. The zero-order valence-electron chi connectivity index (χ0n) is 12.4. The zero-order chi connectivity index (χ0) is 17.7. The molecule has 1 aromatic carbocycles. The average Bonchev–Trinajstić information content (AvgIpc) is 2.92. The molecule has 0 aliphatic heterocycles. The Balaban J connectivity index is 1.96. The molecule has 0 aliphatic carbocycles. The maximum atomic E-state index is 12.0. The van der Waals surface area contributed by atoms with Crippen LogP contribution in [0.15, 0.2) is 41.5 Å². The number of benzene rings is 1. The number of nitrogens with two attached hydrogens (primary N) is 2. The van der Waals surface area contributed by atoms with E-state index in [9.17, 15) is 18.0 Å². The van der Waals surface area contributed by atoms with Gasteiger partial charge in [-0.2, -0.15) is 18.3 Å². The number of halogens is 3. The number of carbonyl (C=O) groups is 1. The average molecular weight is 340 g/mol. The Kier molecular flexibility index (Phi) is 5.07. The fourth-order valence-corrected chi connectivity index (χ4v) is 1.82. The summed E-state index contributed by atoms with van der Waals surface area (Å²) in [6, 6.07) is 8.21. The number of anilines is 1. The van der Waals surface area contributed by atoms with E-state index >= 15 is 0 Å². The first-order valence-electron chi connectivity index (χ1n) is 6.79. The summed E-state index contributed by atoms with van der Waals surface area (Å²) in [6.07, 6.45) is -2.79. The molecule has 0 spiro atoms. The number of hydrogen-bond acceptors (Lipinski definition) is 3. The molecule has 0 atom stereocenters. The Hall–Kier alpha value is -3.04. The number of rotatable bonds is 5. The van der Waals surface area contributed by atoms with E-state index in [1.807, 2.05) is 0 Å². The normalized spacial score (nSPS) is 12.2. The van der Waals surface area contributed by atoms with Gasteiger partial charge < -0.3 is 16.8 Å². The summed E-state index contributed by atoms with van der Waals surface area (Å²) in [5.74, 6) is -0.615. The van der Waals surface area contributed by atoms with E-state index in [-0.39, 0.29) is 11.8 Å². The highest BCUT2D eigenvalue weighted by molar-refractivity contribution is 5.92. The van der Waals surface area contributed by atoms with Crippen molar-refractivity contribution in [1.82, 2.24) is 9.78 Å². The van der Waals surface area contributed by atoms with E-state index < -0.39 is 18.6 Å². The van der Waals surface area contributed by atoms with E-state index in [2.05, 4.69) is 15.4 Å². The fraction of sp³-hybridized carbons (Fsp3) is 0.214. The van der Waals surface area contributed by atoms with Gasteiger partial charge in [0.1, 0.15) is 6.54 Å². The van der Waals surface area contributed by atoms with Crippen LogP contribution in [0.4, 0.5) is 19.0 Å². The minimum Gasteiger partial charge on any atom is -0.370 e. The lowest BCUT2D eigenvalue weighted by Gasteiger charge is -2.05. The second-order valence-electron chi connectivity index (χ2n) is 4.90. The van der Waals surface area contributed by atoms with E-state index in [0.717, 1.165) is 5.56 Å². The van der Waals surface area contributed by atoms with Crippen LogP contribution in [0, 0.1) is 0 Å². The van der Waals surface area contributed by atoms with Crippen molar-refractivity contribution in [2.24, 2.45) is 16.5 Å². The maximum absolute atomic E-state index is 12.0. The molecule has 0 fully saturated rings. The SMILES string of the molecule is NC(=O)c1ccc(Cn2ccc(NC(N)=NCC(F)(F)F)n2)cc1. The topological polar surface area (TPSA) is 111 Å². The van der Waals surface area contributed by atoms with Gasteiger partial charge in [0.25, 0.3) is 0 Å². The molecule has 1 heterocycles. The molecular formula is C14H15F3N6O. The minimum absolute atomic E-state index is 0.271. The summed E-state index contributed by atoms with van der Waals surface area (Å²) >= 11 is 0. The fourth-order valence-electron chi connectivity index (χ4n) is 1.82. The highest BCUT2D eigenvalue weighted by atomic mass is 19.4. The van der Waals surface area contributed by atoms with Crippen molar-refractivity contribution in [1.29, 1.82) is 0 Å². The standard InChI is InChI=1S/C14H15F3N6O/c15-14(16,17)8-20-13(19)21-11-5-6-23(22-11)7-9-1-3-10(4-2-9)12(18)24/h1-6H,7-8H2,(H2,18,24)(H3,19,20,21,22). The van der Waals surface area contributed by atoms with Crippen LogP contribution < -0.4 is 16.8 Å². The van der Waals surface area contributed by atoms with E-state index in [1.165, 1.54) is 0 Å². The van der Waals surface area contributed by atoms with Crippen molar-refractivity contribution >= 4 is 17.7 Å². The van der Waals surface area contributed by atoms with Crippen molar-refractivity contribution in [3.05, 3.63) is 47.7 Å². The number of alkyl halides is 3. The van der Waals surface area contributed by atoms with E-state index in [4.69, 9.17) is 11.5 Å². The lowest BCUT2D eigenvalue weighted by molar-refractivity contribution is -0.118. The Labute approximate surface area is 135 Å². The highest BCUT2D eigenvalue weighted by Crippen LogP contribution is 2.14. The first kappa shape index (κ1) is 17.3. The number of primary amides is 1. The van der Waals surface area contributed by atoms with Gasteiger partial charge in [0, 0.05) is 17.8 Å². The van der Waals surface area contributed by atoms with Crippen molar-refractivity contribution in [3.63, 3.8) is 0 Å². The smallest absolute Gasteiger partial charge is 0.370 e. The predicted octanol–water partition coefficient (Wildman–Crippen LogP) is 1.32. The van der Waals surface area contributed by atoms with Crippen LogP contribution in [0.3, 0.4) is 0 Å². The first-order chi connectivity index (χ1) is 11.2. The molecule has 0 saturated heterocycles. The summed E-state index contributed by atoms with van der Waals surface area (Å²) in [4.78, 5) is 14.2. The summed E-state index contributed by atoms with van der Waals surface area (Å²) in [7, 11) is 0. The van der Waals surface area contributed by atoms with Crippen LogP contribution in [-0.2, 0) is 6.54 Å². The zero-order valence-corrected chi connectivity index (χ0v) is 12.4. The number of aromatic nitrogens is 2. The van der Waals surface area contributed by atoms with Crippen molar-refractivity contribution in [2.75, 3.05) is 11.9 Å². The Morgan fingerprint density at radius 3 is 2.46 bits per heavy atom. The van der Waals surface area contributed by atoms with Gasteiger partial charge in [0.15, 0.2) is 11.8 Å². The molecule has 0 radical (unpaired) electrons. The Morgan fingerprint density at radius 2 is 1.88 bits per heavy atom. The molecule has 0 aliphatic rings. The third kappa shape index (κ3) is 5.30. The van der Waals surface area contributed by atoms with Gasteiger partial charge in [-0.25, -0.2) is 4.99 Å². The van der Waals surface area contributed by atoms with Gasteiger partial charge in [-0.3, -0.25) is 9.48 Å². The summed E-state index contributed by atoms with van der Waals surface area (Å²) in [6.45, 7) is -0.959. The molecule has 10 heteroatoms. The molecule has 2 aromatic rings. The van der Waals surface area contributed by atoms with Crippen molar-refractivity contribution < 1.29 is 18.0 Å². The van der Waals surface area contributed by atoms with Gasteiger partial charge in [-0.15, -0.1) is 0 Å². The minimum atomic E-state index is -4.41. The molecule has 1 aromatic heterocycles. The van der Waals surface area contributed by atoms with E-state index in [1.54, 1.807) is 41.2 Å². The number of aliphatic imine (C=N–C) groups is 1. The van der Waals surface area contributed by atoms with Gasteiger partial charge >= 0.3 is 6.18 Å². The summed E-state index contributed by atoms with van der Waals surface area (Å²) in [5, 5.41) is 6.60. The number of guanidine groups is 1. The quantitative estimate of drug-likeness (QED) is 0.563. The van der Waals surface area contributed by atoms with Crippen LogP contribution >= 0.6 is 0 Å².